The van der Waals surface area contributed by atoms with Gasteiger partial charge in [0.2, 0.25) is 17.7 Å². The highest BCUT2D eigenvalue weighted by Gasteiger charge is 2.26. The number of nitrogens with zero attached hydrogens (tertiary/aromatic N) is 3. The van der Waals surface area contributed by atoms with E-state index < -0.39 is 0 Å². The number of hydrogen-bond donors (Lipinski definition) is 1. The maximum absolute atomic E-state index is 12.4. The van der Waals surface area contributed by atoms with Crippen molar-refractivity contribution in [1.29, 1.82) is 0 Å². The van der Waals surface area contributed by atoms with Gasteiger partial charge in [-0.1, -0.05) is 12.1 Å². The lowest BCUT2D eigenvalue weighted by Crippen LogP contribution is -2.38. The van der Waals surface area contributed by atoms with Gasteiger partial charge in [-0.25, -0.2) is 0 Å². The van der Waals surface area contributed by atoms with Crippen LogP contribution in [0.5, 0.6) is 0 Å². The fourth-order valence-electron chi connectivity index (χ4n) is 3.50. The number of nitrogens with one attached hydrogen (secondary N) is 1. The molecule has 1 saturated heterocycles. The molecule has 0 spiro atoms. The van der Waals surface area contributed by atoms with Crippen LogP contribution in [0.4, 0.5) is 5.69 Å². The Bertz CT molecular complexity index is 943. The zero-order valence-electron chi connectivity index (χ0n) is 16.1. The summed E-state index contributed by atoms with van der Waals surface area (Å²) in [4.78, 5) is 14.6. The van der Waals surface area contributed by atoms with Gasteiger partial charge in [-0.05, 0) is 68.4 Å². The summed E-state index contributed by atoms with van der Waals surface area (Å²) in [6.07, 6.45) is 1.84. The summed E-state index contributed by atoms with van der Waals surface area (Å²) in [7, 11) is 0. The molecule has 1 fully saturated rings. The SMILES string of the molecule is Cc1ccc(C)c(NC(=O)CN2CCC(c3nnc(-c4ccsc4)o3)CC2)c1. The average molecular weight is 397 g/mol. The maximum Gasteiger partial charge on any atom is 0.248 e. The highest BCUT2D eigenvalue weighted by atomic mass is 32.1. The van der Waals surface area contributed by atoms with Crippen LogP contribution in [0, 0.1) is 13.8 Å². The van der Waals surface area contributed by atoms with Gasteiger partial charge in [-0.3, -0.25) is 9.69 Å². The minimum Gasteiger partial charge on any atom is -0.420 e. The first-order chi connectivity index (χ1) is 13.6. The Morgan fingerprint density at radius 1 is 1.25 bits per heavy atom. The summed E-state index contributed by atoms with van der Waals surface area (Å²) in [5, 5.41) is 15.5. The molecule has 6 nitrogen and oxygen atoms in total. The second kappa shape index (κ2) is 8.24. The topological polar surface area (TPSA) is 71.3 Å². The van der Waals surface area contributed by atoms with Crippen molar-refractivity contribution in [2.24, 2.45) is 0 Å². The van der Waals surface area contributed by atoms with E-state index in [9.17, 15) is 4.79 Å². The quantitative estimate of drug-likeness (QED) is 0.699. The van der Waals surface area contributed by atoms with Gasteiger partial charge in [0.25, 0.3) is 0 Å². The van der Waals surface area contributed by atoms with Crippen LogP contribution in [-0.4, -0.2) is 40.6 Å². The van der Waals surface area contributed by atoms with Crippen molar-refractivity contribution in [3.05, 3.63) is 52.0 Å². The molecule has 0 unspecified atom stereocenters. The third-order valence-corrected chi connectivity index (χ3v) is 5.86. The van der Waals surface area contributed by atoms with E-state index in [0.29, 0.717) is 18.3 Å². The van der Waals surface area contributed by atoms with Crippen LogP contribution < -0.4 is 5.32 Å². The number of piperidine rings is 1. The van der Waals surface area contributed by atoms with Gasteiger partial charge in [0.15, 0.2) is 0 Å². The molecule has 7 heteroatoms. The van der Waals surface area contributed by atoms with Crippen molar-refractivity contribution in [2.45, 2.75) is 32.6 Å². The van der Waals surface area contributed by atoms with E-state index in [4.69, 9.17) is 4.42 Å². The predicted octanol–water partition coefficient (Wildman–Crippen LogP) is 4.23. The summed E-state index contributed by atoms with van der Waals surface area (Å²) in [5.74, 6) is 1.59. The number of anilines is 1. The molecule has 2 aromatic heterocycles. The van der Waals surface area contributed by atoms with Gasteiger partial charge in [0.05, 0.1) is 6.54 Å². The van der Waals surface area contributed by atoms with E-state index in [1.807, 2.05) is 42.8 Å². The van der Waals surface area contributed by atoms with Crippen molar-refractivity contribution < 1.29 is 9.21 Å². The molecule has 3 heterocycles. The molecule has 0 atom stereocenters. The second-order valence-electron chi connectivity index (χ2n) is 7.37. The molecule has 1 aliphatic heterocycles. The summed E-state index contributed by atoms with van der Waals surface area (Å²) in [5.41, 5.74) is 4.09. The fourth-order valence-corrected chi connectivity index (χ4v) is 4.13. The van der Waals surface area contributed by atoms with E-state index in [0.717, 1.165) is 48.3 Å². The average Bonchev–Trinajstić information content (AvgIpc) is 3.37. The van der Waals surface area contributed by atoms with Crippen LogP contribution in [0.25, 0.3) is 11.5 Å². The summed E-state index contributed by atoms with van der Waals surface area (Å²) in [6.45, 7) is 6.14. The number of likely N-dealkylation sites (tertiary alicyclic amines) is 1. The monoisotopic (exact) mass is 396 g/mol. The number of hydrogen-bond acceptors (Lipinski definition) is 6. The Balaban J connectivity index is 1.29. The molecule has 0 bridgehead atoms. The Morgan fingerprint density at radius 2 is 2.07 bits per heavy atom. The number of aromatic nitrogens is 2. The lowest BCUT2D eigenvalue weighted by Gasteiger charge is -2.29. The first kappa shape index (κ1) is 18.8. The zero-order chi connectivity index (χ0) is 19.5. The number of amides is 1. The molecule has 1 aromatic carbocycles. The van der Waals surface area contributed by atoms with Crippen LogP contribution in [0.2, 0.25) is 0 Å². The van der Waals surface area contributed by atoms with Crippen LogP contribution in [0.3, 0.4) is 0 Å². The summed E-state index contributed by atoms with van der Waals surface area (Å²) >= 11 is 1.61. The molecule has 1 amide bonds. The lowest BCUT2D eigenvalue weighted by molar-refractivity contribution is -0.117. The minimum atomic E-state index is 0.0321. The molecular weight excluding hydrogens is 372 g/mol. The Hall–Kier alpha value is -2.51. The lowest BCUT2D eigenvalue weighted by atomic mass is 9.97. The smallest absolute Gasteiger partial charge is 0.248 e. The summed E-state index contributed by atoms with van der Waals surface area (Å²) < 4.78 is 5.87. The number of carbonyl (C=O) groups is 1. The molecule has 0 aliphatic carbocycles. The fraction of sp³-hybridized carbons (Fsp3) is 0.381. The minimum absolute atomic E-state index is 0.0321. The number of rotatable bonds is 5. The highest BCUT2D eigenvalue weighted by Crippen LogP contribution is 2.30. The largest absolute Gasteiger partial charge is 0.420 e. The van der Waals surface area contributed by atoms with E-state index in [1.54, 1.807) is 11.3 Å². The van der Waals surface area contributed by atoms with Gasteiger partial charge in [0.1, 0.15) is 0 Å². The number of thiophene rings is 1. The van der Waals surface area contributed by atoms with Crippen LogP contribution >= 0.6 is 11.3 Å². The predicted molar refractivity (Wildman–Crippen MR) is 111 cm³/mol. The normalized spacial score (nSPS) is 15.6. The third-order valence-electron chi connectivity index (χ3n) is 5.18. The van der Waals surface area contributed by atoms with Gasteiger partial charge in [-0.2, -0.15) is 11.3 Å². The molecule has 1 aliphatic rings. The number of carbonyl (C=O) groups excluding carboxylic acids is 1. The van der Waals surface area contributed by atoms with E-state index >= 15 is 0 Å². The first-order valence-corrected chi connectivity index (χ1v) is 10.5. The molecule has 3 aromatic rings. The van der Waals surface area contributed by atoms with E-state index in [2.05, 4.69) is 26.5 Å². The van der Waals surface area contributed by atoms with Crippen LogP contribution in [0.1, 0.15) is 35.8 Å². The van der Waals surface area contributed by atoms with Gasteiger partial charge in [0, 0.05) is 22.5 Å². The van der Waals surface area contributed by atoms with Crippen molar-refractivity contribution >= 4 is 22.9 Å². The number of aryl methyl sites for hydroxylation is 2. The Morgan fingerprint density at radius 3 is 2.82 bits per heavy atom. The maximum atomic E-state index is 12.4. The molecule has 1 N–H and O–H groups in total. The molecule has 0 saturated carbocycles. The zero-order valence-corrected chi connectivity index (χ0v) is 17.0. The highest BCUT2D eigenvalue weighted by molar-refractivity contribution is 7.08. The first-order valence-electron chi connectivity index (χ1n) is 9.54. The van der Waals surface area contributed by atoms with Gasteiger partial charge >= 0.3 is 0 Å². The standard InChI is InChI=1S/C21H24N4O2S/c1-14-3-4-15(2)18(11-14)22-19(26)12-25-8-5-16(6-9-25)20-23-24-21(27-20)17-7-10-28-13-17/h3-4,7,10-11,13,16H,5-6,8-9,12H2,1-2H3,(H,22,26). The van der Waals surface area contributed by atoms with Gasteiger partial charge in [-0.15, -0.1) is 10.2 Å². The van der Waals surface area contributed by atoms with Crippen molar-refractivity contribution in [2.75, 3.05) is 25.0 Å². The third kappa shape index (κ3) is 4.31. The molecule has 146 valence electrons. The van der Waals surface area contributed by atoms with Crippen LogP contribution in [0.15, 0.2) is 39.4 Å². The van der Waals surface area contributed by atoms with Crippen LogP contribution in [-0.2, 0) is 4.79 Å². The number of benzene rings is 1. The Kier molecular flexibility index (Phi) is 5.54. The van der Waals surface area contributed by atoms with Crippen molar-refractivity contribution in [1.82, 2.24) is 15.1 Å². The van der Waals surface area contributed by atoms with Gasteiger partial charge < -0.3 is 9.73 Å². The van der Waals surface area contributed by atoms with E-state index in [1.165, 1.54) is 0 Å². The Labute approximate surface area is 168 Å². The summed E-state index contributed by atoms with van der Waals surface area (Å²) in [6, 6.07) is 8.08. The van der Waals surface area contributed by atoms with E-state index in [-0.39, 0.29) is 11.8 Å². The van der Waals surface area contributed by atoms with Crippen molar-refractivity contribution in [3.63, 3.8) is 0 Å². The molecular formula is C21H24N4O2S. The van der Waals surface area contributed by atoms with Crippen molar-refractivity contribution in [3.8, 4) is 11.5 Å². The molecule has 28 heavy (non-hydrogen) atoms. The molecule has 4 rings (SSSR count). The molecule has 0 radical (unpaired) electrons. The second-order valence-corrected chi connectivity index (χ2v) is 8.15.